The molecule has 1 aliphatic rings. The van der Waals surface area contributed by atoms with Gasteiger partial charge in [-0.2, -0.15) is 4.98 Å². The Morgan fingerprint density at radius 1 is 1.33 bits per heavy atom. The molecule has 0 spiro atoms. The molecule has 1 saturated heterocycles. The van der Waals surface area contributed by atoms with Crippen LogP contribution in [0.15, 0.2) is 41.1 Å². The Kier molecular flexibility index (Phi) is 3.60. The molecule has 2 aromatic heterocycles. The molecule has 7 heteroatoms. The van der Waals surface area contributed by atoms with E-state index in [-0.39, 0.29) is 11.8 Å². The van der Waals surface area contributed by atoms with Gasteiger partial charge in [-0.1, -0.05) is 35.5 Å². The molecule has 1 fully saturated rings. The Labute approximate surface area is 138 Å². The molecule has 0 radical (unpaired) electrons. The Balaban J connectivity index is 1.49. The van der Waals surface area contributed by atoms with Gasteiger partial charge in [0.1, 0.15) is 5.92 Å². The lowest BCUT2D eigenvalue weighted by atomic mass is 10.1. The van der Waals surface area contributed by atoms with Gasteiger partial charge in [-0.3, -0.25) is 4.79 Å². The number of carbonyl (C=O) groups is 1. The van der Waals surface area contributed by atoms with Crippen molar-refractivity contribution >= 4 is 5.91 Å². The summed E-state index contributed by atoms with van der Waals surface area (Å²) in [5, 5.41) is 3.94. The van der Waals surface area contributed by atoms with Gasteiger partial charge < -0.3 is 14.4 Å². The quantitative estimate of drug-likeness (QED) is 0.796. The molecule has 1 amide bonds. The standard InChI is InChI=1S/C17H17N5O2/c1-11-9-18-14(19-11)15-20-16(24-21-15)13-7-8-22(17(13)23)10-12-5-3-2-4-6-12/h2-6,9,13H,7-8,10H2,1H3,(H,18,19). The van der Waals surface area contributed by atoms with E-state index in [0.29, 0.717) is 37.0 Å². The second-order valence-electron chi connectivity index (χ2n) is 5.96. The van der Waals surface area contributed by atoms with E-state index in [1.807, 2.05) is 42.2 Å². The van der Waals surface area contributed by atoms with Crippen LogP contribution in [0.3, 0.4) is 0 Å². The SMILES string of the molecule is Cc1cnc(-c2noc(C3CCN(Cc4ccccc4)C3=O)n2)[nH]1. The summed E-state index contributed by atoms with van der Waals surface area (Å²) in [6.45, 7) is 3.20. The third kappa shape index (κ3) is 2.68. The minimum Gasteiger partial charge on any atom is -0.339 e. The number of nitrogens with zero attached hydrogens (tertiary/aromatic N) is 4. The van der Waals surface area contributed by atoms with Crippen molar-refractivity contribution in [3.63, 3.8) is 0 Å². The fourth-order valence-corrected chi connectivity index (χ4v) is 2.93. The summed E-state index contributed by atoms with van der Waals surface area (Å²) >= 11 is 0. The number of aromatic amines is 1. The second-order valence-corrected chi connectivity index (χ2v) is 5.96. The predicted octanol–water partition coefficient (Wildman–Crippen LogP) is 2.28. The lowest BCUT2D eigenvalue weighted by molar-refractivity contribution is -0.129. The van der Waals surface area contributed by atoms with Crippen molar-refractivity contribution in [3.8, 4) is 11.6 Å². The number of amides is 1. The van der Waals surface area contributed by atoms with Crippen molar-refractivity contribution in [2.45, 2.75) is 25.8 Å². The Hall–Kier alpha value is -2.96. The van der Waals surface area contributed by atoms with Gasteiger partial charge in [0.15, 0.2) is 5.82 Å². The summed E-state index contributed by atoms with van der Waals surface area (Å²) in [5.41, 5.74) is 2.03. The van der Waals surface area contributed by atoms with Crippen LogP contribution in [0, 0.1) is 6.92 Å². The van der Waals surface area contributed by atoms with Gasteiger partial charge in [-0.05, 0) is 18.9 Å². The molecule has 1 aromatic carbocycles. The number of aryl methyl sites for hydroxylation is 1. The van der Waals surface area contributed by atoms with Crippen LogP contribution in [0.1, 0.15) is 29.5 Å². The number of nitrogens with one attached hydrogen (secondary N) is 1. The number of benzene rings is 1. The summed E-state index contributed by atoms with van der Waals surface area (Å²) in [5.74, 6) is 0.955. The third-order valence-corrected chi connectivity index (χ3v) is 4.17. The van der Waals surface area contributed by atoms with Crippen molar-refractivity contribution < 1.29 is 9.32 Å². The number of H-pyrrole nitrogens is 1. The first-order valence-electron chi connectivity index (χ1n) is 7.89. The number of carbonyl (C=O) groups excluding carboxylic acids is 1. The highest BCUT2D eigenvalue weighted by Gasteiger charge is 2.36. The van der Waals surface area contributed by atoms with E-state index in [9.17, 15) is 4.79 Å². The number of aromatic nitrogens is 4. The Morgan fingerprint density at radius 3 is 2.92 bits per heavy atom. The van der Waals surface area contributed by atoms with E-state index in [2.05, 4.69) is 20.1 Å². The van der Waals surface area contributed by atoms with Gasteiger partial charge in [-0.15, -0.1) is 0 Å². The van der Waals surface area contributed by atoms with Crippen molar-refractivity contribution in [2.24, 2.45) is 0 Å². The molecule has 1 aliphatic heterocycles. The second kappa shape index (κ2) is 5.92. The number of hydrogen-bond donors (Lipinski definition) is 1. The molecule has 0 aliphatic carbocycles. The maximum atomic E-state index is 12.6. The topological polar surface area (TPSA) is 87.9 Å². The molecular weight excluding hydrogens is 306 g/mol. The average molecular weight is 323 g/mol. The van der Waals surface area contributed by atoms with Crippen LogP contribution in [-0.2, 0) is 11.3 Å². The van der Waals surface area contributed by atoms with Gasteiger partial charge >= 0.3 is 0 Å². The number of imidazole rings is 1. The van der Waals surface area contributed by atoms with E-state index < -0.39 is 0 Å². The molecule has 122 valence electrons. The first-order valence-corrected chi connectivity index (χ1v) is 7.89. The fraction of sp³-hybridized carbons (Fsp3) is 0.294. The van der Waals surface area contributed by atoms with Crippen LogP contribution >= 0.6 is 0 Å². The first-order chi connectivity index (χ1) is 11.7. The fourth-order valence-electron chi connectivity index (χ4n) is 2.93. The maximum absolute atomic E-state index is 12.6. The monoisotopic (exact) mass is 323 g/mol. The van der Waals surface area contributed by atoms with Gasteiger partial charge in [0, 0.05) is 25.0 Å². The van der Waals surface area contributed by atoms with Gasteiger partial charge in [0.05, 0.1) is 0 Å². The molecule has 7 nitrogen and oxygen atoms in total. The highest BCUT2D eigenvalue weighted by atomic mass is 16.5. The predicted molar refractivity (Wildman–Crippen MR) is 85.8 cm³/mol. The summed E-state index contributed by atoms with van der Waals surface area (Å²) in [6, 6.07) is 9.95. The van der Waals surface area contributed by atoms with E-state index in [1.54, 1.807) is 6.20 Å². The zero-order valence-corrected chi connectivity index (χ0v) is 13.3. The average Bonchev–Trinajstić information content (AvgIpc) is 3.30. The van der Waals surface area contributed by atoms with Crippen molar-refractivity contribution in [1.29, 1.82) is 0 Å². The third-order valence-electron chi connectivity index (χ3n) is 4.17. The molecule has 3 heterocycles. The van der Waals surface area contributed by atoms with Crippen molar-refractivity contribution in [3.05, 3.63) is 53.7 Å². The summed E-state index contributed by atoms with van der Waals surface area (Å²) in [6.07, 6.45) is 2.39. The number of rotatable bonds is 4. The minimum absolute atomic E-state index is 0.0321. The molecule has 0 saturated carbocycles. The Morgan fingerprint density at radius 2 is 2.17 bits per heavy atom. The zero-order chi connectivity index (χ0) is 16.5. The van der Waals surface area contributed by atoms with E-state index in [0.717, 1.165) is 11.3 Å². The molecule has 1 N–H and O–H groups in total. The summed E-state index contributed by atoms with van der Waals surface area (Å²) in [7, 11) is 0. The zero-order valence-electron chi connectivity index (χ0n) is 13.3. The molecule has 4 rings (SSSR count). The largest absolute Gasteiger partial charge is 0.339 e. The van der Waals surface area contributed by atoms with Crippen LogP contribution in [0.4, 0.5) is 0 Å². The van der Waals surface area contributed by atoms with Crippen molar-refractivity contribution in [1.82, 2.24) is 25.0 Å². The molecule has 24 heavy (non-hydrogen) atoms. The maximum Gasteiger partial charge on any atom is 0.239 e. The number of hydrogen-bond acceptors (Lipinski definition) is 5. The highest BCUT2D eigenvalue weighted by Crippen LogP contribution is 2.29. The summed E-state index contributed by atoms with van der Waals surface area (Å²) < 4.78 is 5.31. The van der Waals surface area contributed by atoms with Crippen LogP contribution < -0.4 is 0 Å². The van der Waals surface area contributed by atoms with Crippen molar-refractivity contribution in [2.75, 3.05) is 6.54 Å². The van der Waals surface area contributed by atoms with Crippen LogP contribution in [0.25, 0.3) is 11.6 Å². The molecular formula is C17H17N5O2. The summed E-state index contributed by atoms with van der Waals surface area (Å²) in [4.78, 5) is 26.1. The van der Waals surface area contributed by atoms with Gasteiger partial charge in [0.2, 0.25) is 17.6 Å². The molecule has 1 unspecified atom stereocenters. The smallest absolute Gasteiger partial charge is 0.239 e. The highest BCUT2D eigenvalue weighted by molar-refractivity contribution is 5.84. The first kappa shape index (κ1) is 14.6. The van der Waals surface area contributed by atoms with Gasteiger partial charge in [0.25, 0.3) is 0 Å². The van der Waals surface area contributed by atoms with E-state index in [4.69, 9.17) is 4.52 Å². The molecule has 0 bridgehead atoms. The minimum atomic E-state index is -0.369. The van der Waals surface area contributed by atoms with E-state index >= 15 is 0 Å². The molecule has 1 atom stereocenters. The number of likely N-dealkylation sites (tertiary alicyclic amines) is 1. The molecule has 3 aromatic rings. The van der Waals surface area contributed by atoms with Crippen LogP contribution in [0.2, 0.25) is 0 Å². The van der Waals surface area contributed by atoms with E-state index in [1.165, 1.54) is 0 Å². The van der Waals surface area contributed by atoms with Gasteiger partial charge in [-0.25, -0.2) is 4.98 Å². The van der Waals surface area contributed by atoms with Crippen LogP contribution in [-0.4, -0.2) is 37.5 Å². The lowest BCUT2D eigenvalue weighted by Crippen LogP contribution is -2.26. The lowest BCUT2D eigenvalue weighted by Gasteiger charge is -2.15. The Bertz CT molecular complexity index is 855. The normalized spacial score (nSPS) is 17.6. The van der Waals surface area contributed by atoms with Crippen LogP contribution in [0.5, 0.6) is 0 Å².